The number of benzene rings is 3. The summed E-state index contributed by atoms with van der Waals surface area (Å²) in [6.45, 7) is 2.34. The zero-order chi connectivity index (χ0) is 31.3. The average molecular weight is 633 g/mol. The minimum absolute atomic E-state index is 0.143. The molecule has 1 saturated heterocycles. The van der Waals surface area contributed by atoms with Crippen LogP contribution in [-0.4, -0.2) is 44.8 Å². The second-order valence-corrected chi connectivity index (χ2v) is 10.8. The van der Waals surface area contributed by atoms with Crippen LogP contribution in [0, 0.1) is 0 Å². The Kier molecular flexibility index (Phi) is 9.28. The number of alkyl halides is 6. The molecule has 1 aliphatic rings. The van der Waals surface area contributed by atoms with Crippen LogP contribution in [0.2, 0.25) is 0 Å². The molecule has 0 radical (unpaired) electrons. The summed E-state index contributed by atoms with van der Waals surface area (Å²) >= 11 is 1.37. The van der Waals surface area contributed by atoms with E-state index in [2.05, 4.69) is 25.0 Å². The number of halogens is 6. The van der Waals surface area contributed by atoms with Crippen molar-refractivity contribution < 1.29 is 31.1 Å². The maximum atomic E-state index is 14.0. The first kappa shape index (κ1) is 31.1. The van der Waals surface area contributed by atoms with E-state index in [4.69, 9.17) is 0 Å². The minimum Gasteiger partial charge on any atom is -0.406 e. The molecule has 1 aromatic heterocycles. The van der Waals surface area contributed by atoms with Gasteiger partial charge < -0.3 is 9.64 Å². The number of thioether (sulfide) groups is 1. The summed E-state index contributed by atoms with van der Waals surface area (Å²) in [6, 6.07) is 16.6. The van der Waals surface area contributed by atoms with E-state index in [9.17, 15) is 26.3 Å². The summed E-state index contributed by atoms with van der Waals surface area (Å²) in [5.41, 5.74) is 1.97. The Morgan fingerprint density at radius 1 is 0.977 bits per heavy atom. The van der Waals surface area contributed by atoms with Crippen molar-refractivity contribution in [1.82, 2.24) is 14.8 Å². The lowest BCUT2D eigenvalue weighted by molar-refractivity contribution is -0.274. The summed E-state index contributed by atoms with van der Waals surface area (Å²) in [6.07, 6.45) is -4.38. The predicted octanol–water partition coefficient (Wildman–Crippen LogP) is 8.14. The molecule has 230 valence electrons. The van der Waals surface area contributed by atoms with Crippen molar-refractivity contribution in [2.45, 2.75) is 38.7 Å². The van der Waals surface area contributed by atoms with Gasteiger partial charge in [-0.3, -0.25) is 0 Å². The Bertz CT molecular complexity index is 1630. The highest BCUT2D eigenvalue weighted by Crippen LogP contribution is 2.41. The van der Waals surface area contributed by atoms with Gasteiger partial charge in [-0.1, -0.05) is 61.5 Å². The molecule has 4 aromatic rings. The fraction of sp³-hybridized carbons (Fsp3) is 0.267. The first-order valence-electron chi connectivity index (χ1n) is 13.6. The van der Waals surface area contributed by atoms with E-state index in [0.717, 1.165) is 11.8 Å². The summed E-state index contributed by atoms with van der Waals surface area (Å²) in [5, 5.41) is 13.3. The smallest absolute Gasteiger partial charge is 0.406 e. The highest BCUT2D eigenvalue weighted by molar-refractivity contribution is 8.14. The fourth-order valence-corrected chi connectivity index (χ4v) is 5.54. The molecule has 1 fully saturated rings. The number of aryl methyl sites for hydroxylation is 1. The first-order valence-corrected chi connectivity index (χ1v) is 14.6. The van der Waals surface area contributed by atoms with E-state index in [1.807, 2.05) is 6.92 Å². The Hall–Kier alpha value is -4.33. The van der Waals surface area contributed by atoms with E-state index in [-0.39, 0.29) is 11.4 Å². The van der Waals surface area contributed by atoms with E-state index >= 15 is 0 Å². The van der Waals surface area contributed by atoms with E-state index in [0.29, 0.717) is 59.2 Å². The van der Waals surface area contributed by atoms with Crippen LogP contribution in [0.15, 0.2) is 83.3 Å². The van der Waals surface area contributed by atoms with Crippen molar-refractivity contribution in [1.29, 1.82) is 0 Å². The molecule has 0 saturated carbocycles. The number of ether oxygens (including phenoxy) is 1. The monoisotopic (exact) mass is 632 g/mol. The zero-order valence-corrected chi connectivity index (χ0v) is 24.1. The maximum absolute atomic E-state index is 14.0. The molecule has 0 bridgehead atoms. The number of hydrogen-bond acceptors (Lipinski definition) is 6. The van der Waals surface area contributed by atoms with Gasteiger partial charge in [-0.05, 0) is 54.3 Å². The van der Waals surface area contributed by atoms with Gasteiger partial charge in [0.2, 0.25) is 0 Å². The molecule has 0 spiro atoms. The molecular formula is C30H26F6N6OS. The number of aromatic nitrogens is 3. The number of rotatable bonds is 8. The maximum Gasteiger partial charge on any atom is 0.573 e. The molecule has 14 heteroatoms. The third-order valence-corrected chi connectivity index (χ3v) is 7.60. The van der Waals surface area contributed by atoms with Crippen LogP contribution < -0.4 is 9.64 Å². The summed E-state index contributed by atoms with van der Waals surface area (Å²) < 4.78 is 84.5. The van der Waals surface area contributed by atoms with E-state index < -0.39 is 18.1 Å². The first-order chi connectivity index (χ1) is 21.0. The van der Waals surface area contributed by atoms with Gasteiger partial charge >= 0.3 is 12.5 Å². The van der Waals surface area contributed by atoms with Gasteiger partial charge in [0.1, 0.15) is 12.1 Å². The number of hydrogen-bond donors (Lipinski definition) is 0. The Morgan fingerprint density at radius 3 is 2.41 bits per heavy atom. The zero-order valence-electron chi connectivity index (χ0n) is 23.3. The van der Waals surface area contributed by atoms with Gasteiger partial charge in [0.05, 0.1) is 23.2 Å². The minimum atomic E-state index is -4.78. The van der Waals surface area contributed by atoms with Gasteiger partial charge in [0.15, 0.2) is 11.0 Å². The van der Waals surface area contributed by atoms with Crippen LogP contribution in [0.5, 0.6) is 5.75 Å². The normalized spacial score (nSPS) is 15.3. The molecule has 0 aliphatic carbocycles. The molecular weight excluding hydrogens is 606 g/mol. The SMILES string of the molecule is CCCc1cccc(C(F)(F)F)c1N1CCCS/C1=N\N=C\c1ccc(-c2ncn(-c3ccc(OC(F)(F)F)cc3)n2)cc1. The van der Waals surface area contributed by atoms with Crippen LogP contribution >= 0.6 is 11.8 Å². The molecule has 1 aliphatic heterocycles. The number of anilines is 1. The lowest BCUT2D eigenvalue weighted by atomic mass is 10.0. The van der Waals surface area contributed by atoms with Crippen molar-refractivity contribution in [3.63, 3.8) is 0 Å². The molecule has 0 atom stereocenters. The molecule has 0 amide bonds. The van der Waals surface area contributed by atoms with Gasteiger partial charge in [0, 0.05) is 17.9 Å². The molecule has 44 heavy (non-hydrogen) atoms. The van der Waals surface area contributed by atoms with E-state index in [1.54, 1.807) is 35.2 Å². The molecule has 0 unspecified atom stereocenters. The van der Waals surface area contributed by atoms with Crippen LogP contribution in [-0.2, 0) is 12.6 Å². The summed E-state index contributed by atoms with van der Waals surface area (Å²) in [4.78, 5) is 5.90. The average Bonchev–Trinajstić information content (AvgIpc) is 3.48. The molecule has 3 aromatic carbocycles. The Balaban J connectivity index is 1.31. The van der Waals surface area contributed by atoms with Crippen LogP contribution in [0.3, 0.4) is 0 Å². The topological polar surface area (TPSA) is 67.9 Å². The molecule has 5 rings (SSSR count). The molecule has 7 nitrogen and oxygen atoms in total. The predicted molar refractivity (Wildman–Crippen MR) is 158 cm³/mol. The highest BCUT2D eigenvalue weighted by atomic mass is 32.2. The van der Waals surface area contributed by atoms with Gasteiger partial charge in [-0.25, -0.2) is 9.67 Å². The molecule has 0 N–H and O–H groups in total. The van der Waals surface area contributed by atoms with Crippen molar-refractivity contribution in [2.24, 2.45) is 10.2 Å². The highest BCUT2D eigenvalue weighted by Gasteiger charge is 2.37. The third-order valence-electron chi connectivity index (χ3n) is 6.55. The summed E-state index contributed by atoms with van der Waals surface area (Å²) in [5.74, 6) is 0.776. The van der Waals surface area contributed by atoms with Crippen LogP contribution in [0.1, 0.15) is 36.5 Å². The Labute approximate surface area is 253 Å². The van der Waals surface area contributed by atoms with Gasteiger partial charge in [-0.15, -0.1) is 23.4 Å². The lowest BCUT2D eigenvalue weighted by Crippen LogP contribution is -2.36. The van der Waals surface area contributed by atoms with Crippen molar-refractivity contribution in [3.8, 4) is 22.8 Å². The Morgan fingerprint density at radius 2 is 1.73 bits per heavy atom. The van der Waals surface area contributed by atoms with Gasteiger partial charge in [-0.2, -0.15) is 18.3 Å². The number of para-hydroxylation sites is 1. The van der Waals surface area contributed by atoms with Crippen molar-refractivity contribution >= 4 is 28.8 Å². The molecule has 2 heterocycles. The van der Waals surface area contributed by atoms with Gasteiger partial charge in [0.25, 0.3) is 0 Å². The second kappa shape index (κ2) is 13.1. The number of nitrogens with zero attached hydrogens (tertiary/aromatic N) is 6. The van der Waals surface area contributed by atoms with Crippen molar-refractivity contribution in [2.75, 3.05) is 17.2 Å². The second-order valence-electron chi connectivity index (χ2n) is 9.72. The standard InChI is InChI=1S/C30H26F6N6OS/c1-2-5-21-6-3-7-25(29(31,32)33)26(21)41-16-4-17-44-28(41)39-38-18-20-8-10-22(11-9-20)27-37-19-42(40-27)23-12-14-24(15-13-23)43-30(34,35)36/h3,6-15,18-19H,2,4-5,16-17H2,1H3/b38-18+,39-28-. The van der Waals surface area contributed by atoms with E-state index in [1.165, 1.54) is 59.3 Å². The quantitative estimate of drug-likeness (QED) is 0.112. The third kappa shape index (κ3) is 7.59. The lowest BCUT2D eigenvalue weighted by Gasteiger charge is -2.32. The fourth-order valence-electron chi connectivity index (χ4n) is 4.64. The summed E-state index contributed by atoms with van der Waals surface area (Å²) in [7, 11) is 0. The van der Waals surface area contributed by atoms with Crippen molar-refractivity contribution in [3.05, 3.63) is 89.7 Å². The number of amidine groups is 1. The largest absolute Gasteiger partial charge is 0.573 e. The van der Waals surface area contributed by atoms with Crippen LogP contribution in [0.25, 0.3) is 17.1 Å². The van der Waals surface area contributed by atoms with Crippen LogP contribution in [0.4, 0.5) is 32.0 Å².